The number of ether oxygens (including phenoxy) is 2. The number of hydrogen-bond donors (Lipinski definition) is 1. The molecule has 0 bridgehead atoms. The summed E-state index contributed by atoms with van der Waals surface area (Å²) in [4.78, 5) is 51.1. The maximum atomic E-state index is 12.7. The lowest BCUT2D eigenvalue weighted by Crippen LogP contribution is -2.36. The van der Waals surface area contributed by atoms with Gasteiger partial charge in [-0.3, -0.25) is 19.3 Å². The number of thiophene rings is 1. The lowest BCUT2D eigenvalue weighted by molar-refractivity contribution is -0.127. The van der Waals surface area contributed by atoms with Crippen LogP contribution in [0, 0.1) is 0 Å². The van der Waals surface area contributed by atoms with Crippen LogP contribution in [0.5, 0.6) is 11.5 Å². The Morgan fingerprint density at radius 2 is 1.82 bits per heavy atom. The molecule has 8 nitrogen and oxygen atoms in total. The number of esters is 1. The number of hydrogen-bond acceptors (Lipinski definition) is 8. The number of nitrogens with one attached hydrogen (secondary N) is 1. The van der Waals surface area contributed by atoms with Crippen LogP contribution >= 0.6 is 23.1 Å². The van der Waals surface area contributed by atoms with Gasteiger partial charge in [0.15, 0.2) is 11.5 Å². The summed E-state index contributed by atoms with van der Waals surface area (Å²) < 4.78 is 10.7. The zero-order valence-electron chi connectivity index (χ0n) is 17.8. The lowest BCUT2D eigenvalue weighted by Gasteiger charge is -2.12. The summed E-state index contributed by atoms with van der Waals surface area (Å²) in [5.41, 5.74) is 1.13. The Labute approximate surface area is 203 Å². The van der Waals surface area contributed by atoms with Gasteiger partial charge in [0.2, 0.25) is 5.91 Å². The molecule has 1 saturated heterocycles. The van der Waals surface area contributed by atoms with Crippen LogP contribution in [-0.2, 0) is 9.59 Å². The van der Waals surface area contributed by atoms with Crippen LogP contribution in [-0.4, -0.2) is 41.6 Å². The average molecular weight is 495 g/mol. The maximum Gasteiger partial charge on any atom is 0.353 e. The summed E-state index contributed by atoms with van der Waals surface area (Å²) in [6.45, 7) is -0.391. The molecule has 1 aliphatic heterocycles. The third kappa shape index (κ3) is 5.36. The molecule has 10 heteroatoms. The van der Waals surface area contributed by atoms with Gasteiger partial charge in [-0.25, -0.2) is 4.79 Å². The van der Waals surface area contributed by atoms with Crippen LogP contribution in [0.3, 0.4) is 0 Å². The zero-order chi connectivity index (χ0) is 24.1. The number of para-hydroxylation sites is 1. The predicted molar refractivity (Wildman–Crippen MR) is 130 cm³/mol. The normalized spacial score (nSPS) is 14.4. The predicted octanol–water partition coefficient (Wildman–Crippen LogP) is 4.65. The quantitative estimate of drug-likeness (QED) is 0.290. The smallest absolute Gasteiger partial charge is 0.353 e. The monoisotopic (exact) mass is 494 g/mol. The number of methoxy groups -OCH3 is 1. The fourth-order valence-corrected chi connectivity index (χ4v) is 4.49. The minimum Gasteiger partial charge on any atom is -0.493 e. The van der Waals surface area contributed by atoms with Crippen molar-refractivity contribution in [2.45, 2.75) is 0 Å². The van der Waals surface area contributed by atoms with Crippen molar-refractivity contribution >= 4 is 57.9 Å². The highest BCUT2D eigenvalue weighted by Gasteiger charge is 2.36. The Morgan fingerprint density at radius 1 is 1.03 bits per heavy atom. The molecule has 1 fully saturated rings. The Bertz CT molecular complexity index is 1270. The number of rotatable bonds is 7. The van der Waals surface area contributed by atoms with Gasteiger partial charge < -0.3 is 14.8 Å². The molecule has 2 heterocycles. The molecule has 1 aromatic heterocycles. The van der Waals surface area contributed by atoms with Crippen molar-refractivity contribution in [3.05, 3.63) is 81.4 Å². The first-order valence-corrected chi connectivity index (χ1v) is 11.7. The molecule has 0 saturated carbocycles. The highest BCUT2D eigenvalue weighted by molar-refractivity contribution is 8.18. The van der Waals surface area contributed by atoms with E-state index in [0.29, 0.717) is 21.9 Å². The Balaban J connectivity index is 1.46. The van der Waals surface area contributed by atoms with Crippen LogP contribution in [0.1, 0.15) is 15.2 Å². The fraction of sp³-hybridized carbons (Fsp3) is 0.0833. The van der Waals surface area contributed by atoms with E-state index in [0.717, 1.165) is 16.7 Å². The molecule has 34 heavy (non-hydrogen) atoms. The molecular formula is C24H18N2O6S2. The van der Waals surface area contributed by atoms with E-state index >= 15 is 0 Å². The molecule has 0 aliphatic carbocycles. The Kier molecular flexibility index (Phi) is 7.09. The second kappa shape index (κ2) is 10.4. The number of nitrogens with zero attached hydrogens (tertiary/aromatic N) is 1. The molecule has 0 atom stereocenters. The van der Waals surface area contributed by atoms with E-state index in [9.17, 15) is 19.2 Å². The third-order valence-electron chi connectivity index (χ3n) is 4.64. The van der Waals surface area contributed by atoms with Crippen LogP contribution in [0.15, 0.2) is 70.9 Å². The summed E-state index contributed by atoms with van der Waals surface area (Å²) in [6, 6.07) is 16.9. The van der Waals surface area contributed by atoms with Crippen molar-refractivity contribution in [3.8, 4) is 11.5 Å². The molecule has 4 rings (SSSR count). The molecular weight excluding hydrogens is 476 g/mol. The van der Waals surface area contributed by atoms with Crippen LogP contribution in [0.4, 0.5) is 10.5 Å². The maximum absolute atomic E-state index is 12.7. The second-order valence-electron chi connectivity index (χ2n) is 6.96. The van der Waals surface area contributed by atoms with Gasteiger partial charge in [0, 0.05) is 5.69 Å². The fourth-order valence-electron chi connectivity index (χ4n) is 3.06. The largest absolute Gasteiger partial charge is 0.493 e. The molecule has 3 amide bonds. The summed E-state index contributed by atoms with van der Waals surface area (Å²) in [7, 11) is 1.43. The van der Waals surface area contributed by atoms with E-state index < -0.39 is 29.6 Å². The first-order chi connectivity index (χ1) is 16.4. The summed E-state index contributed by atoms with van der Waals surface area (Å²) in [6.07, 6.45) is 1.52. The van der Waals surface area contributed by atoms with Crippen molar-refractivity contribution < 1.29 is 28.7 Å². The first-order valence-electron chi connectivity index (χ1n) is 9.98. The number of anilines is 1. The minimum atomic E-state index is -0.564. The molecule has 0 spiro atoms. The number of carbonyl (C=O) groups is 4. The minimum absolute atomic E-state index is 0.169. The van der Waals surface area contributed by atoms with Gasteiger partial charge in [-0.15, -0.1) is 11.3 Å². The molecule has 1 N–H and O–H groups in total. The number of imide groups is 1. The van der Waals surface area contributed by atoms with Gasteiger partial charge in [0.1, 0.15) is 11.4 Å². The zero-order valence-corrected chi connectivity index (χ0v) is 19.5. The Morgan fingerprint density at radius 3 is 2.53 bits per heavy atom. The molecule has 1 aliphatic rings. The van der Waals surface area contributed by atoms with Crippen LogP contribution in [0.2, 0.25) is 0 Å². The van der Waals surface area contributed by atoms with Crippen molar-refractivity contribution in [2.75, 3.05) is 19.0 Å². The highest BCUT2D eigenvalue weighted by atomic mass is 32.2. The van der Waals surface area contributed by atoms with E-state index in [-0.39, 0.29) is 10.7 Å². The second-order valence-corrected chi connectivity index (χ2v) is 8.90. The van der Waals surface area contributed by atoms with Gasteiger partial charge >= 0.3 is 5.97 Å². The van der Waals surface area contributed by atoms with E-state index in [4.69, 9.17) is 9.47 Å². The summed E-state index contributed by atoms with van der Waals surface area (Å²) >= 11 is 2.01. The molecule has 2 aromatic carbocycles. The van der Waals surface area contributed by atoms with E-state index in [1.165, 1.54) is 24.5 Å². The topological polar surface area (TPSA) is 102 Å². The third-order valence-corrected chi connectivity index (χ3v) is 6.40. The summed E-state index contributed by atoms with van der Waals surface area (Å²) in [5.74, 6) is -1.03. The SMILES string of the molecule is COc1cc(/C=C2\SC(=O)N(CC(=O)Nc3ccccc3)C2=O)ccc1OC(=O)c1cccs1. The van der Waals surface area contributed by atoms with Crippen LogP contribution in [0.25, 0.3) is 6.08 Å². The number of carbonyl (C=O) groups excluding carboxylic acids is 4. The van der Waals surface area contributed by atoms with Crippen molar-refractivity contribution in [3.63, 3.8) is 0 Å². The van der Waals surface area contributed by atoms with Crippen molar-refractivity contribution in [1.29, 1.82) is 0 Å². The van der Waals surface area contributed by atoms with E-state index in [2.05, 4.69) is 5.32 Å². The highest BCUT2D eigenvalue weighted by Crippen LogP contribution is 2.35. The number of amides is 3. The molecule has 3 aromatic rings. The summed E-state index contributed by atoms with van der Waals surface area (Å²) in [5, 5.41) is 3.89. The number of benzene rings is 2. The molecule has 0 unspecified atom stereocenters. The van der Waals surface area contributed by atoms with Crippen molar-refractivity contribution in [2.24, 2.45) is 0 Å². The van der Waals surface area contributed by atoms with Crippen LogP contribution < -0.4 is 14.8 Å². The van der Waals surface area contributed by atoms with Gasteiger partial charge in [0.25, 0.3) is 11.1 Å². The average Bonchev–Trinajstić information content (AvgIpc) is 3.46. The first kappa shape index (κ1) is 23.3. The van der Waals surface area contributed by atoms with E-state index in [1.54, 1.807) is 60.0 Å². The molecule has 0 radical (unpaired) electrons. The lowest BCUT2D eigenvalue weighted by atomic mass is 10.2. The standard InChI is InChI=1S/C24H18N2O6S2/c1-31-18-12-15(9-10-17(18)32-23(29)19-8-5-11-33-19)13-20-22(28)26(24(30)34-20)14-21(27)25-16-6-3-2-4-7-16/h2-13H,14H2,1H3,(H,25,27)/b20-13-. The van der Waals surface area contributed by atoms with Gasteiger partial charge in [-0.1, -0.05) is 30.3 Å². The Hall–Kier alpha value is -3.89. The number of thioether (sulfide) groups is 1. The molecule has 172 valence electrons. The van der Waals surface area contributed by atoms with Gasteiger partial charge in [-0.2, -0.15) is 0 Å². The van der Waals surface area contributed by atoms with Crippen molar-refractivity contribution in [1.82, 2.24) is 4.90 Å². The van der Waals surface area contributed by atoms with E-state index in [1.807, 2.05) is 6.07 Å². The van der Waals surface area contributed by atoms with Gasteiger partial charge in [0.05, 0.1) is 12.0 Å². The van der Waals surface area contributed by atoms with Gasteiger partial charge in [-0.05, 0) is 59.1 Å².